The molecule has 1 unspecified atom stereocenters. The van der Waals surface area contributed by atoms with Crippen molar-refractivity contribution in [2.24, 2.45) is 10.5 Å². The summed E-state index contributed by atoms with van der Waals surface area (Å²) in [5.41, 5.74) is 11.4. The van der Waals surface area contributed by atoms with Gasteiger partial charge in [-0.3, -0.25) is 0 Å². The molecule has 2 heterocycles. The number of hydrogen-bond acceptors (Lipinski definition) is 6. The molecule has 1 saturated carbocycles. The summed E-state index contributed by atoms with van der Waals surface area (Å²) in [6.45, 7) is 3.22. The van der Waals surface area contributed by atoms with Crippen LogP contribution < -0.4 is 16.5 Å². The highest BCUT2D eigenvalue weighted by molar-refractivity contribution is 5.90. The van der Waals surface area contributed by atoms with Crippen LogP contribution in [0, 0.1) is 5.41 Å². The lowest BCUT2D eigenvalue weighted by atomic mass is 10.0. The second-order valence-corrected chi connectivity index (χ2v) is 6.60. The smallest absolute Gasteiger partial charge is 0.222 e. The average Bonchev–Trinajstić information content (AvgIpc) is 3.02. The highest BCUT2D eigenvalue weighted by Crippen LogP contribution is 2.44. The van der Waals surface area contributed by atoms with Crippen LogP contribution in [0.25, 0.3) is 10.9 Å². The number of fused-ring (bicyclic) bond motifs is 1. The first kappa shape index (κ1) is 13.3. The van der Waals surface area contributed by atoms with Crippen molar-refractivity contribution in [1.29, 1.82) is 0 Å². The van der Waals surface area contributed by atoms with Gasteiger partial charge in [-0.1, -0.05) is 13.0 Å². The molecule has 0 amide bonds. The Kier molecular flexibility index (Phi) is 2.92. The number of nitrogens with two attached hydrogens (primary N) is 1. The molecule has 2 aliphatic rings. The second kappa shape index (κ2) is 4.83. The fourth-order valence-corrected chi connectivity index (χ4v) is 2.77. The number of nitrogens with one attached hydrogen (secondary N) is 2. The van der Waals surface area contributed by atoms with Crippen LogP contribution in [0.3, 0.4) is 0 Å². The van der Waals surface area contributed by atoms with Crippen LogP contribution in [-0.4, -0.2) is 22.7 Å². The normalized spacial score (nSPS) is 21.8. The molecule has 1 atom stereocenters. The molecule has 4 N–H and O–H groups in total. The fourth-order valence-electron chi connectivity index (χ4n) is 2.77. The minimum absolute atomic E-state index is 0.224. The van der Waals surface area contributed by atoms with E-state index in [0.29, 0.717) is 11.4 Å². The molecule has 1 aliphatic carbocycles. The van der Waals surface area contributed by atoms with Gasteiger partial charge in [-0.25, -0.2) is 4.98 Å². The molecular weight excluding hydrogens is 276 g/mol. The van der Waals surface area contributed by atoms with E-state index in [1.807, 2.05) is 6.21 Å². The molecule has 1 fully saturated rings. The second-order valence-electron chi connectivity index (χ2n) is 6.60. The Balaban J connectivity index is 1.67. The van der Waals surface area contributed by atoms with Crippen LogP contribution in [0.1, 0.15) is 37.8 Å². The van der Waals surface area contributed by atoms with E-state index in [0.717, 1.165) is 29.7 Å². The largest absolute Gasteiger partial charge is 0.369 e. The number of nitrogens with zero attached hydrogens (tertiary/aromatic N) is 3. The minimum atomic E-state index is 0.224. The minimum Gasteiger partial charge on any atom is -0.369 e. The number of aromatic nitrogens is 2. The summed E-state index contributed by atoms with van der Waals surface area (Å²) in [7, 11) is 0. The van der Waals surface area contributed by atoms with Crippen molar-refractivity contribution >= 4 is 28.9 Å². The van der Waals surface area contributed by atoms with E-state index in [1.165, 1.54) is 18.4 Å². The number of benzene rings is 1. The summed E-state index contributed by atoms with van der Waals surface area (Å²) >= 11 is 0. The van der Waals surface area contributed by atoms with Crippen molar-refractivity contribution in [1.82, 2.24) is 15.4 Å². The van der Waals surface area contributed by atoms with E-state index < -0.39 is 0 Å². The average molecular weight is 296 g/mol. The van der Waals surface area contributed by atoms with Gasteiger partial charge in [-0.05, 0) is 36.0 Å². The molecular formula is C16H20N6. The van der Waals surface area contributed by atoms with Crippen molar-refractivity contribution in [2.45, 2.75) is 32.2 Å². The molecule has 0 spiro atoms. The number of rotatable bonds is 4. The third kappa shape index (κ3) is 2.45. The van der Waals surface area contributed by atoms with Gasteiger partial charge in [-0.15, -0.1) is 0 Å². The Hall–Kier alpha value is -2.37. The van der Waals surface area contributed by atoms with Crippen molar-refractivity contribution in [3.63, 3.8) is 0 Å². The molecule has 1 aromatic carbocycles. The van der Waals surface area contributed by atoms with Crippen LogP contribution in [-0.2, 0) is 0 Å². The maximum Gasteiger partial charge on any atom is 0.222 e. The molecule has 2 aromatic rings. The van der Waals surface area contributed by atoms with Gasteiger partial charge in [0, 0.05) is 24.6 Å². The third-order valence-corrected chi connectivity index (χ3v) is 4.59. The van der Waals surface area contributed by atoms with Gasteiger partial charge < -0.3 is 16.5 Å². The molecule has 114 valence electrons. The fraction of sp³-hybridized carbons (Fsp3) is 0.438. The lowest BCUT2D eigenvalue weighted by Gasteiger charge is -2.15. The van der Waals surface area contributed by atoms with Crippen molar-refractivity contribution in [3.05, 3.63) is 23.8 Å². The predicted octanol–water partition coefficient (Wildman–Crippen LogP) is 2.44. The van der Waals surface area contributed by atoms with Crippen LogP contribution in [0.5, 0.6) is 0 Å². The molecule has 1 aromatic heterocycles. The first-order valence-electron chi connectivity index (χ1n) is 7.71. The number of nitrogen functional groups attached to an aromatic ring is 1. The first-order chi connectivity index (χ1) is 10.6. The van der Waals surface area contributed by atoms with Crippen molar-refractivity contribution in [2.75, 3.05) is 17.6 Å². The number of anilines is 2. The first-order valence-corrected chi connectivity index (χ1v) is 7.71. The SMILES string of the molecule is CC1(CNc2nc(N)nc3cc(C4CC=NN4)ccc23)CC1. The molecule has 0 radical (unpaired) electrons. The Morgan fingerprint density at radius 2 is 2.23 bits per heavy atom. The number of hydrazone groups is 1. The van der Waals surface area contributed by atoms with Crippen LogP contribution in [0.2, 0.25) is 0 Å². The van der Waals surface area contributed by atoms with Gasteiger partial charge in [0.25, 0.3) is 0 Å². The Morgan fingerprint density at radius 3 is 2.95 bits per heavy atom. The topological polar surface area (TPSA) is 88.2 Å². The van der Waals surface area contributed by atoms with Crippen molar-refractivity contribution in [3.8, 4) is 0 Å². The summed E-state index contributed by atoms with van der Waals surface area (Å²) in [6.07, 6.45) is 5.34. The molecule has 6 heteroatoms. The molecule has 22 heavy (non-hydrogen) atoms. The molecule has 0 bridgehead atoms. The Bertz CT molecular complexity index is 742. The maximum atomic E-state index is 5.88. The van der Waals surface area contributed by atoms with Gasteiger partial charge >= 0.3 is 0 Å². The zero-order valence-corrected chi connectivity index (χ0v) is 12.6. The predicted molar refractivity (Wildman–Crippen MR) is 88.8 cm³/mol. The van der Waals surface area contributed by atoms with Gasteiger partial charge in [-0.2, -0.15) is 10.1 Å². The van der Waals surface area contributed by atoms with E-state index >= 15 is 0 Å². The quantitative estimate of drug-likeness (QED) is 0.806. The zero-order valence-electron chi connectivity index (χ0n) is 12.6. The highest BCUT2D eigenvalue weighted by Gasteiger charge is 2.37. The summed E-state index contributed by atoms with van der Waals surface area (Å²) in [5, 5.41) is 8.54. The standard InChI is InChI=1S/C16H20N6/c1-16(5-6-16)9-18-14-11-3-2-10(12-4-7-19-22-12)8-13(11)20-15(17)21-14/h2-3,7-8,12,22H,4-6,9H2,1H3,(H3,17,18,20,21). The highest BCUT2D eigenvalue weighted by atomic mass is 15.3. The summed E-state index contributed by atoms with van der Waals surface area (Å²) in [5.74, 6) is 1.14. The zero-order chi connectivity index (χ0) is 15.2. The third-order valence-electron chi connectivity index (χ3n) is 4.59. The van der Waals surface area contributed by atoms with Gasteiger partial charge in [0.2, 0.25) is 5.95 Å². The van der Waals surface area contributed by atoms with Crippen molar-refractivity contribution < 1.29 is 0 Å². The molecule has 4 rings (SSSR count). The maximum absolute atomic E-state index is 5.88. The molecule has 6 nitrogen and oxygen atoms in total. The summed E-state index contributed by atoms with van der Waals surface area (Å²) < 4.78 is 0. The van der Waals surface area contributed by atoms with Crippen LogP contribution in [0.4, 0.5) is 11.8 Å². The van der Waals surface area contributed by atoms with Gasteiger partial charge in [0.05, 0.1) is 11.6 Å². The number of hydrogen-bond donors (Lipinski definition) is 3. The summed E-state index contributed by atoms with van der Waals surface area (Å²) in [4.78, 5) is 8.76. The molecule has 0 saturated heterocycles. The Labute approximate surface area is 129 Å². The van der Waals surface area contributed by atoms with Crippen LogP contribution >= 0.6 is 0 Å². The lowest BCUT2D eigenvalue weighted by molar-refractivity contribution is 0.610. The van der Waals surface area contributed by atoms with E-state index in [9.17, 15) is 0 Å². The van der Waals surface area contributed by atoms with Crippen LogP contribution in [0.15, 0.2) is 23.3 Å². The van der Waals surface area contributed by atoms with E-state index in [2.05, 4.69) is 50.9 Å². The molecule has 1 aliphatic heterocycles. The van der Waals surface area contributed by atoms with E-state index in [-0.39, 0.29) is 6.04 Å². The summed E-state index contributed by atoms with van der Waals surface area (Å²) in [6, 6.07) is 6.48. The lowest BCUT2D eigenvalue weighted by Crippen LogP contribution is -2.14. The van der Waals surface area contributed by atoms with E-state index in [4.69, 9.17) is 5.73 Å². The Morgan fingerprint density at radius 1 is 1.36 bits per heavy atom. The van der Waals surface area contributed by atoms with Gasteiger partial charge in [0.1, 0.15) is 5.82 Å². The monoisotopic (exact) mass is 296 g/mol. The van der Waals surface area contributed by atoms with E-state index in [1.54, 1.807) is 0 Å². The van der Waals surface area contributed by atoms with Gasteiger partial charge in [0.15, 0.2) is 0 Å².